The molecule has 1 aromatic heterocycles. The summed E-state index contributed by atoms with van der Waals surface area (Å²) in [5, 5.41) is 4.40. The van der Waals surface area contributed by atoms with Crippen LogP contribution in [0.4, 0.5) is 5.69 Å². The van der Waals surface area contributed by atoms with Gasteiger partial charge in [-0.2, -0.15) is 0 Å². The highest BCUT2D eigenvalue weighted by molar-refractivity contribution is 5.91. The van der Waals surface area contributed by atoms with Gasteiger partial charge in [0.15, 0.2) is 0 Å². The molecule has 1 aromatic carbocycles. The summed E-state index contributed by atoms with van der Waals surface area (Å²) in [6, 6.07) is 10.8. The predicted octanol–water partition coefficient (Wildman–Crippen LogP) is 3.12. The smallest absolute Gasteiger partial charge is 0.223 e. The molecule has 4 rings (SSSR count). The first-order valence-electron chi connectivity index (χ1n) is 8.70. The first-order valence-corrected chi connectivity index (χ1v) is 8.70. The number of hydrogen-bond donors (Lipinski definition) is 1. The Labute approximate surface area is 136 Å². The van der Waals surface area contributed by atoms with E-state index in [-0.39, 0.29) is 11.8 Å². The zero-order valence-electron chi connectivity index (χ0n) is 13.4. The van der Waals surface area contributed by atoms with E-state index in [1.165, 1.54) is 17.5 Å². The minimum atomic E-state index is 0.181. The summed E-state index contributed by atoms with van der Waals surface area (Å²) in [5.41, 5.74) is 2.28. The molecule has 120 valence electrons. The van der Waals surface area contributed by atoms with Crippen LogP contribution >= 0.6 is 0 Å². The maximum atomic E-state index is 12.3. The third-order valence-electron chi connectivity index (χ3n) is 5.28. The van der Waals surface area contributed by atoms with Crippen LogP contribution in [-0.2, 0) is 4.79 Å². The lowest BCUT2D eigenvalue weighted by Gasteiger charge is -2.35. The van der Waals surface area contributed by atoms with E-state index in [9.17, 15) is 4.79 Å². The van der Waals surface area contributed by atoms with E-state index in [4.69, 9.17) is 0 Å². The third-order valence-corrected chi connectivity index (χ3v) is 5.28. The maximum Gasteiger partial charge on any atom is 0.223 e. The van der Waals surface area contributed by atoms with Crippen LogP contribution in [0.3, 0.4) is 0 Å². The molecule has 1 saturated heterocycles. The second-order valence-corrected chi connectivity index (χ2v) is 6.74. The molecular weight excluding hydrogens is 286 g/mol. The Morgan fingerprint density at radius 2 is 1.87 bits per heavy atom. The molecule has 4 nitrogen and oxygen atoms in total. The van der Waals surface area contributed by atoms with Gasteiger partial charge in [-0.05, 0) is 44.2 Å². The largest absolute Gasteiger partial charge is 0.371 e. The fraction of sp³-hybridized carbons (Fsp3) is 0.474. The van der Waals surface area contributed by atoms with Crippen LogP contribution in [0.15, 0.2) is 36.5 Å². The van der Waals surface area contributed by atoms with Gasteiger partial charge >= 0.3 is 0 Å². The Morgan fingerprint density at radius 3 is 2.61 bits per heavy atom. The lowest BCUT2D eigenvalue weighted by molar-refractivity contribution is -0.126. The number of benzene rings is 1. The SMILES string of the molecule is O=C(NC1CCC1)C1CCN(c2ccnc3ccccc23)CC1. The quantitative estimate of drug-likeness (QED) is 0.947. The van der Waals surface area contributed by atoms with Crippen LogP contribution < -0.4 is 10.2 Å². The normalized spacial score (nSPS) is 19.6. The number of fused-ring (bicyclic) bond motifs is 1. The molecule has 0 bridgehead atoms. The summed E-state index contributed by atoms with van der Waals surface area (Å²) in [5.74, 6) is 0.453. The van der Waals surface area contributed by atoms with Crippen LogP contribution in [-0.4, -0.2) is 30.0 Å². The van der Waals surface area contributed by atoms with Crippen molar-refractivity contribution in [1.82, 2.24) is 10.3 Å². The Morgan fingerprint density at radius 1 is 1.09 bits per heavy atom. The molecule has 1 aliphatic heterocycles. The standard InChI is InChI=1S/C19H23N3O/c23-19(21-15-4-3-5-15)14-9-12-22(13-10-14)18-8-11-20-17-7-2-1-6-16(17)18/h1-2,6-8,11,14-15H,3-5,9-10,12-13H2,(H,21,23). The van der Waals surface area contributed by atoms with Crippen molar-refractivity contribution in [2.75, 3.05) is 18.0 Å². The molecule has 1 N–H and O–H groups in total. The fourth-order valence-corrected chi connectivity index (χ4v) is 3.61. The first kappa shape index (κ1) is 14.5. The first-order chi connectivity index (χ1) is 11.3. The molecule has 1 saturated carbocycles. The van der Waals surface area contributed by atoms with Gasteiger partial charge in [-0.25, -0.2) is 0 Å². The Hall–Kier alpha value is -2.10. The van der Waals surface area contributed by atoms with Gasteiger partial charge in [-0.3, -0.25) is 9.78 Å². The molecule has 2 heterocycles. The molecule has 0 spiro atoms. The van der Waals surface area contributed by atoms with E-state index in [1.807, 2.05) is 12.3 Å². The number of hydrogen-bond acceptors (Lipinski definition) is 3. The lowest BCUT2D eigenvalue weighted by atomic mass is 9.90. The van der Waals surface area contributed by atoms with Crippen LogP contribution in [0.1, 0.15) is 32.1 Å². The second-order valence-electron chi connectivity index (χ2n) is 6.74. The van der Waals surface area contributed by atoms with Crippen molar-refractivity contribution < 1.29 is 4.79 Å². The molecule has 2 fully saturated rings. The van der Waals surface area contributed by atoms with E-state index in [0.717, 1.165) is 44.3 Å². The summed E-state index contributed by atoms with van der Waals surface area (Å²) in [4.78, 5) is 19.2. The zero-order valence-corrected chi connectivity index (χ0v) is 13.4. The van der Waals surface area contributed by atoms with Crippen molar-refractivity contribution in [2.45, 2.75) is 38.1 Å². The van der Waals surface area contributed by atoms with Crippen LogP contribution in [0.5, 0.6) is 0 Å². The number of rotatable bonds is 3. The minimum absolute atomic E-state index is 0.181. The zero-order chi connectivity index (χ0) is 15.6. The second kappa shape index (κ2) is 6.19. The third kappa shape index (κ3) is 2.90. The Bertz CT molecular complexity index is 697. The molecule has 23 heavy (non-hydrogen) atoms. The summed E-state index contributed by atoms with van der Waals surface area (Å²) in [6.07, 6.45) is 7.34. The Kier molecular flexibility index (Phi) is 3.90. The van der Waals surface area contributed by atoms with Gasteiger partial charge in [-0.1, -0.05) is 18.2 Å². The number of nitrogens with one attached hydrogen (secondary N) is 1. The number of pyridine rings is 1. The van der Waals surface area contributed by atoms with Crippen molar-refractivity contribution in [3.8, 4) is 0 Å². The van der Waals surface area contributed by atoms with Gasteiger partial charge in [0.05, 0.1) is 5.52 Å². The van der Waals surface area contributed by atoms with E-state index in [2.05, 4.69) is 39.5 Å². The van der Waals surface area contributed by atoms with Crippen molar-refractivity contribution in [2.24, 2.45) is 5.92 Å². The number of piperidine rings is 1. The van der Waals surface area contributed by atoms with Crippen LogP contribution in [0, 0.1) is 5.92 Å². The van der Waals surface area contributed by atoms with Crippen LogP contribution in [0.2, 0.25) is 0 Å². The van der Waals surface area contributed by atoms with Gasteiger partial charge in [0, 0.05) is 42.3 Å². The Balaban J connectivity index is 1.43. The molecular formula is C19H23N3O. The van der Waals surface area contributed by atoms with Gasteiger partial charge in [0.25, 0.3) is 0 Å². The van der Waals surface area contributed by atoms with Gasteiger partial charge in [0.1, 0.15) is 0 Å². The van der Waals surface area contributed by atoms with Gasteiger partial charge in [-0.15, -0.1) is 0 Å². The molecule has 2 aromatic rings. The van der Waals surface area contributed by atoms with Gasteiger partial charge < -0.3 is 10.2 Å². The van der Waals surface area contributed by atoms with E-state index in [0.29, 0.717) is 6.04 Å². The lowest BCUT2D eigenvalue weighted by Crippen LogP contribution is -2.46. The molecule has 4 heteroatoms. The predicted molar refractivity (Wildman–Crippen MR) is 92.5 cm³/mol. The highest BCUT2D eigenvalue weighted by Crippen LogP contribution is 2.29. The monoisotopic (exact) mass is 309 g/mol. The highest BCUT2D eigenvalue weighted by Gasteiger charge is 2.28. The number of anilines is 1. The summed E-state index contributed by atoms with van der Waals surface area (Å²) in [6.45, 7) is 1.88. The summed E-state index contributed by atoms with van der Waals surface area (Å²) < 4.78 is 0. The van der Waals surface area contributed by atoms with E-state index in [1.54, 1.807) is 0 Å². The number of carbonyl (C=O) groups is 1. The average Bonchev–Trinajstić information content (AvgIpc) is 2.57. The minimum Gasteiger partial charge on any atom is -0.371 e. The number of amides is 1. The number of aromatic nitrogens is 1. The van der Waals surface area contributed by atoms with E-state index >= 15 is 0 Å². The number of nitrogens with zero attached hydrogens (tertiary/aromatic N) is 2. The molecule has 0 atom stereocenters. The van der Waals surface area contributed by atoms with Crippen molar-refractivity contribution in [3.05, 3.63) is 36.5 Å². The highest BCUT2D eigenvalue weighted by atomic mass is 16.1. The summed E-state index contributed by atoms with van der Waals surface area (Å²) in [7, 11) is 0. The number of carbonyl (C=O) groups excluding carboxylic acids is 1. The average molecular weight is 309 g/mol. The molecule has 0 unspecified atom stereocenters. The van der Waals surface area contributed by atoms with Crippen molar-refractivity contribution >= 4 is 22.5 Å². The molecule has 0 radical (unpaired) electrons. The summed E-state index contributed by atoms with van der Waals surface area (Å²) >= 11 is 0. The van der Waals surface area contributed by atoms with Crippen LogP contribution in [0.25, 0.3) is 10.9 Å². The fourth-order valence-electron chi connectivity index (χ4n) is 3.61. The van der Waals surface area contributed by atoms with Gasteiger partial charge in [0.2, 0.25) is 5.91 Å². The topological polar surface area (TPSA) is 45.2 Å². The van der Waals surface area contributed by atoms with Crippen molar-refractivity contribution in [3.63, 3.8) is 0 Å². The molecule has 1 aliphatic carbocycles. The molecule has 1 amide bonds. The molecule has 2 aliphatic rings. The van der Waals surface area contributed by atoms with Crippen molar-refractivity contribution in [1.29, 1.82) is 0 Å². The maximum absolute atomic E-state index is 12.3. The van der Waals surface area contributed by atoms with E-state index < -0.39 is 0 Å². The number of para-hydroxylation sites is 1.